The van der Waals surface area contributed by atoms with Gasteiger partial charge in [0.05, 0.1) is 0 Å². The molecule has 0 aliphatic carbocycles. The van der Waals surface area contributed by atoms with E-state index in [2.05, 4.69) is 0 Å². The van der Waals surface area contributed by atoms with Crippen LogP contribution in [0.3, 0.4) is 0 Å². The SMILES string of the molecule is CCO[SiH](Cc1ccc(Cl)cc1)OCC. The summed E-state index contributed by atoms with van der Waals surface area (Å²) >= 11 is 5.82. The molecule has 0 aliphatic heterocycles. The molecule has 0 saturated carbocycles. The standard InChI is InChI=1S/C11H17ClO2Si/c1-3-13-15(14-4-2)9-10-5-7-11(12)8-6-10/h5-8,15H,3-4,9H2,1-2H3. The van der Waals surface area contributed by atoms with Crippen molar-refractivity contribution < 1.29 is 8.85 Å². The summed E-state index contributed by atoms with van der Waals surface area (Å²) in [7, 11) is -1.52. The van der Waals surface area contributed by atoms with E-state index in [4.69, 9.17) is 20.5 Å². The largest absolute Gasteiger partial charge is 0.397 e. The third kappa shape index (κ3) is 4.80. The molecule has 2 nitrogen and oxygen atoms in total. The summed E-state index contributed by atoms with van der Waals surface area (Å²) in [4.78, 5) is 0. The molecule has 0 aromatic heterocycles. The van der Waals surface area contributed by atoms with Gasteiger partial charge in [0, 0.05) is 24.3 Å². The van der Waals surface area contributed by atoms with Gasteiger partial charge in [-0.3, -0.25) is 0 Å². The van der Waals surface area contributed by atoms with Crippen molar-refractivity contribution >= 4 is 20.9 Å². The van der Waals surface area contributed by atoms with Gasteiger partial charge in [-0.2, -0.15) is 0 Å². The van der Waals surface area contributed by atoms with Crippen LogP contribution >= 0.6 is 11.6 Å². The molecule has 0 spiro atoms. The fourth-order valence-electron chi connectivity index (χ4n) is 1.35. The molecule has 0 amide bonds. The number of hydrogen-bond donors (Lipinski definition) is 0. The third-order valence-electron chi connectivity index (χ3n) is 2.02. The predicted octanol–water partition coefficient (Wildman–Crippen LogP) is 2.72. The van der Waals surface area contributed by atoms with Crippen molar-refractivity contribution in [1.29, 1.82) is 0 Å². The monoisotopic (exact) mass is 244 g/mol. The lowest BCUT2D eigenvalue weighted by atomic mass is 10.2. The highest BCUT2D eigenvalue weighted by molar-refractivity contribution is 6.43. The van der Waals surface area contributed by atoms with Gasteiger partial charge in [0.15, 0.2) is 0 Å². The Labute approximate surface area is 98.0 Å². The van der Waals surface area contributed by atoms with Gasteiger partial charge in [-0.25, -0.2) is 0 Å². The molecule has 0 unspecified atom stereocenters. The van der Waals surface area contributed by atoms with Crippen LogP contribution in [0.5, 0.6) is 0 Å². The zero-order valence-electron chi connectivity index (χ0n) is 9.20. The molecule has 1 aromatic carbocycles. The Balaban J connectivity index is 2.53. The van der Waals surface area contributed by atoms with Crippen molar-refractivity contribution in [2.45, 2.75) is 19.9 Å². The van der Waals surface area contributed by atoms with Crippen molar-refractivity contribution in [3.05, 3.63) is 34.9 Å². The van der Waals surface area contributed by atoms with Crippen LogP contribution in [0.1, 0.15) is 19.4 Å². The van der Waals surface area contributed by atoms with Gasteiger partial charge in [-0.1, -0.05) is 23.7 Å². The van der Waals surface area contributed by atoms with Crippen LogP contribution in [0.25, 0.3) is 0 Å². The van der Waals surface area contributed by atoms with E-state index in [9.17, 15) is 0 Å². The highest BCUT2D eigenvalue weighted by Gasteiger charge is 2.12. The van der Waals surface area contributed by atoms with Crippen molar-refractivity contribution in [2.75, 3.05) is 13.2 Å². The molecular weight excluding hydrogens is 228 g/mol. The van der Waals surface area contributed by atoms with E-state index in [0.29, 0.717) is 0 Å². The van der Waals surface area contributed by atoms with Crippen molar-refractivity contribution in [3.8, 4) is 0 Å². The highest BCUT2D eigenvalue weighted by Crippen LogP contribution is 2.11. The first-order valence-electron chi connectivity index (χ1n) is 5.24. The smallest absolute Gasteiger partial charge is 0.325 e. The van der Waals surface area contributed by atoms with E-state index in [1.807, 2.05) is 38.1 Å². The second-order valence-electron chi connectivity index (χ2n) is 3.17. The topological polar surface area (TPSA) is 18.5 Å². The lowest BCUT2D eigenvalue weighted by Crippen LogP contribution is -2.26. The Morgan fingerprint density at radius 2 is 1.60 bits per heavy atom. The molecule has 4 heteroatoms. The fourth-order valence-corrected chi connectivity index (χ4v) is 3.21. The van der Waals surface area contributed by atoms with Gasteiger partial charge in [-0.15, -0.1) is 0 Å². The van der Waals surface area contributed by atoms with Gasteiger partial charge in [0.1, 0.15) is 0 Å². The molecule has 15 heavy (non-hydrogen) atoms. The number of benzene rings is 1. The lowest BCUT2D eigenvalue weighted by molar-refractivity contribution is 0.213. The summed E-state index contributed by atoms with van der Waals surface area (Å²) in [5.41, 5.74) is 1.23. The molecule has 0 bridgehead atoms. The fraction of sp³-hybridized carbons (Fsp3) is 0.455. The van der Waals surface area contributed by atoms with Crippen LogP contribution in [0.15, 0.2) is 24.3 Å². The highest BCUT2D eigenvalue weighted by atomic mass is 35.5. The number of halogens is 1. The summed E-state index contributed by atoms with van der Waals surface area (Å²) in [6.07, 6.45) is 0. The van der Waals surface area contributed by atoms with Gasteiger partial charge >= 0.3 is 9.28 Å². The van der Waals surface area contributed by atoms with E-state index in [-0.39, 0.29) is 0 Å². The maximum Gasteiger partial charge on any atom is 0.325 e. The van der Waals surface area contributed by atoms with E-state index in [1.165, 1.54) is 5.56 Å². The second kappa shape index (κ2) is 7.01. The Kier molecular flexibility index (Phi) is 5.94. The van der Waals surface area contributed by atoms with Crippen molar-refractivity contribution in [1.82, 2.24) is 0 Å². The molecule has 0 saturated heterocycles. The minimum absolute atomic E-state index is 0.727. The van der Waals surface area contributed by atoms with Crippen LogP contribution in [0.4, 0.5) is 0 Å². The molecular formula is C11H17ClO2Si. The first kappa shape index (κ1) is 12.7. The van der Waals surface area contributed by atoms with Gasteiger partial charge < -0.3 is 8.85 Å². The van der Waals surface area contributed by atoms with E-state index < -0.39 is 9.28 Å². The van der Waals surface area contributed by atoms with Gasteiger partial charge in [0.2, 0.25) is 0 Å². The van der Waals surface area contributed by atoms with Crippen LogP contribution < -0.4 is 0 Å². The zero-order chi connectivity index (χ0) is 11.1. The molecule has 1 aromatic rings. The van der Waals surface area contributed by atoms with Gasteiger partial charge in [0.25, 0.3) is 0 Å². The normalized spacial score (nSPS) is 10.9. The third-order valence-corrected chi connectivity index (χ3v) is 4.49. The average molecular weight is 245 g/mol. The van der Waals surface area contributed by atoms with Gasteiger partial charge in [-0.05, 0) is 31.5 Å². The number of hydrogen-bond acceptors (Lipinski definition) is 2. The Hall–Kier alpha value is -0.353. The molecule has 0 heterocycles. The van der Waals surface area contributed by atoms with E-state index >= 15 is 0 Å². The minimum atomic E-state index is -1.52. The van der Waals surface area contributed by atoms with E-state index in [1.54, 1.807) is 0 Å². The summed E-state index contributed by atoms with van der Waals surface area (Å²) in [6, 6.07) is 8.76. The number of rotatable bonds is 6. The molecule has 84 valence electrons. The van der Waals surface area contributed by atoms with Crippen molar-refractivity contribution in [3.63, 3.8) is 0 Å². The van der Waals surface area contributed by atoms with Crippen molar-refractivity contribution in [2.24, 2.45) is 0 Å². The lowest BCUT2D eigenvalue weighted by Gasteiger charge is -2.14. The summed E-state index contributed by atoms with van der Waals surface area (Å²) in [5, 5.41) is 0.768. The summed E-state index contributed by atoms with van der Waals surface area (Å²) in [6.45, 7) is 5.46. The first-order chi connectivity index (χ1) is 7.26. The summed E-state index contributed by atoms with van der Waals surface area (Å²) < 4.78 is 11.2. The molecule has 0 aliphatic rings. The van der Waals surface area contributed by atoms with Crippen LogP contribution in [-0.2, 0) is 14.9 Å². The molecule has 0 atom stereocenters. The molecule has 0 N–H and O–H groups in total. The quantitative estimate of drug-likeness (QED) is 0.717. The van der Waals surface area contributed by atoms with Crippen LogP contribution in [0.2, 0.25) is 5.02 Å². The Morgan fingerprint density at radius 1 is 1.07 bits per heavy atom. The molecule has 0 radical (unpaired) electrons. The maximum absolute atomic E-state index is 5.82. The van der Waals surface area contributed by atoms with E-state index in [0.717, 1.165) is 24.3 Å². The predicted molar refractivity (Wildman–Crippen MR) is 65.6 cm³/mol. The molecule has 0 fully saturated rings. The first-order valence-corrected chi connectivity index (χ1v) is 7.37. The van der Waals surface area contributed by atoms with Crippen LogP contribution in [0, 0.1) is 0 Å². The zero-order valence-corrected chi connectivity index (χ0v) is 11.1. The maximum atomic E-state index is 5.82. The molecule has 1 rings (SSSR count). The summed E-state index contributed by atoms with van der Waals surface area (Å²) in [5.74, 6) is 0. The Bertz CT molecular complexity index is 270. The van der Waals surface area contributed by atoms with Crippen LogP contribution in [-0.4, -0.2) is 22.5 Å². The second-order valence-corrected chi connectivity index (χ2v) is 5.54. The minimum Gasteiger partial charge on any atom is -0.397 e. The average Bonchev–Trinajstić information content (AvgIpc) is 2.22. The Morgan fingerprint density at radius 3 is 2.07 bits per heavy atom.